The van der Waals surface area contributed by atoms with Crippen molar-refractivity contribution in [2.75, 3.05) is 32.6 Å². The molecule has 1 aliphatic rings. The maximum absolute atomic E-state index is 13.8. The minimum Gasteiger partial charge on any atom is -0.394 e. The number of aliphatic hydroxyl groups is 1. The largest absolute Gasteiger partial charge is 0.513 e. The van der Waals surface area contributed by atoms with Crippen LogP contribution >= 0.6 is 23.7 Å². The number of hydrogen-bond donors (Lipinski definition) is 5. The van der Waals surface area contributed by atoms with Gasteiger partial charge < -0.3 is 31.4 Å². The molecule has 2 rings (SSSR count). The first kappa shape index (κ1) is 44.9. The maximum Gasteiger partial charge on any atom is 0.513 e. The number of nitrogens with two attached hydrogens (primary N) is 1. The summed E-state index contributed by atoms with van der Waals surface area (Å²) in [5, 5.41) is 15.4. The van der Waals surface area contributed by atoms with Crippen LogP contribution in [0.15, 0.2) is 12.5 Å². The SMILES string of the molecule is CC(=O)N1CCC[C@H]1C(=O)N[C@@H](CC(C)C)C(=O)C[C@@H](Cc1cnc[nH]1)C(=O)N[C@@H](CO)C(=O)C[C@H](C(N)=O)[C@@H](C)CP(=O)(O[P+](C)=O)O[P+](C)=O. The zero-order chi connectivity index (χ0) is 39.3. The molecule has 0 saturated carbocycles. The van der Waals surface area contributed by atoms with Crippen molar-refractivity contribution in [1.82, 2.24) is 25.5 Å². The van der Waals surface area contributed by atoms with Gasteiger partial charge in [-0.25, -0.2) is 4.98 Å². The molecule has 1 fully saturated rings. The Kier molecular flexibility index (Phi) is 18.0. The Morgan fingerprint density at radius 2 is 1.67 bits per heavy atom. The summed E-state index contributed by atoms with van der Waals surface area (Å²) in [6, 6.07) is -3.24. The highest BCUT2D eigenvalue weighted by molar-refractivity contribution is 7.66. The second-order valence-electron chi connectivity index (χ2n) is 13.4. The number of aliphatic hydroxyl groups excluding tert-OH is 1. The van der Waals surface area contributed by atoms with Crippen molar-refractivity contribution < 1.29 is 56.2 Å². The monoisotopic (exact) mass is 792 g/mol. The lowest BCUT2D eigenvalue weighted by Crippen LogP contribution is -2.52. The van der Waals surface area contributed by atoms with Gasteiger partial charge in [0.05, 0.1) is 31.1 Å². The molecule has 0 aliphatic carbocycles. The molecule has 1 aromatic heterocycles. The van der Waals surface area contributed by atoms with E-state index in [1.54, 1.807) is 0 Å². The fourth-order valence-electron chi connectivity index (χ4n) is 6.10. The number of carbonyl (C=O) groups excluding carboxylic acids is 6. The lowest BCUT2D eigenvalue weighted by Gasteiger charge is -2.27. The van der Waals surface area contributed by atoms with Gasteiger partial charge in [0.1, 0.15) is 12.1 Å². The van der Waals surface area contributed by atoms with Crippen LogP contribution in [0.25, 0.3) is 0 Å². The molecule has 290 valence electrons. The summed E-state index contributed by atoms with van der Waals surface area (Å²) in [4.78, 5) is 86.9. The number of rotatable bonds is 23. The average Bonchev–Trinajstić information content (AvgIpc) is 3.73. The van der Waals surface area contributed by atoms with Crippen molar-refractivity contribution in [2.45, 2.75) is 84.3 Å². The van der Waals surface area contributed by atoms with E-state index in [1.165, 1.54) is 31.3 Å². The quantitative estimate of drug-likeness (QED) is 0.0996. The molecule has 4 amide bonds. The van der Waals surface area contributed by atoms with Crippen molar-refractivity contribution in [3.05, 3.63) is 18.2 Å². The fraction of sp³-hybridized carbons (Fsp3) is 0.710. The second kappa shape index (κ2) is 20.8. The van der Waals surface area contributed by atoms with E-state index in [2.05, 4.69) is 20.6 Å². The Labute approximate surface area is 304 Å². The van der Waals surface area contributed by atoms with E-state index in [-0.39, 0.29) is 31.1 Å². The summed E-state index contributed by atoms with van der Waals surface area (Å²) in [5.41, 5.74) is 6.06. The summed E-state index contributed by atoms with van der Waals surface area (Å²) < 4.78 is 46.4. The highest BCUT2D eigenvalue weighted by Gasteiger charge is 2.45. The number of carbonyl (C=O) groups is 6. The third-order valence-electron chi connectivity index (χ3n) is 8.56. The van der Waals surface area contributed by atoms with E-state index in [0.29, 0.717) is 25.1 Å². The molecule has 1 aliphatic heterocycles. The zero-order valence-corrected chi connectivity index (χ0v) is 33.0. The molecule has 0 spiro atoms. The van der Waals surface area contributed by atoms with Crippen LogP contribution in [0.3, 0.4) is 0 Å². The molecule has 6 N–H and O–H groups in total. The first-order valence-electron chi connectivity index (χ1n) is 16.9. The number of aromatic amines is 1. The Morgan fingerprint density at radius 3 is 2.17 bits per heavy atom. The van der Waals surface area contributed by atoms with Gasteiger partial charge in [-0.2, -0.15) is 0 Å². The van der Waals surface area contributed by atoms with Crippen molar-refractivity contribution >= 4 is 58.8 Å². The van der Waals surface area contributed by atoms with Crippen LogP contribution in [0.1, 0.15) is 65.5 Å². The smallest absolute Gasteiger partial charge is 0.394 e. The molecule has 8 atom stereocenters. The number of nitrogens with zero attached hydrogens (tertiary/aromatic N) is 2. The van der Waals surface area contributed by atoms with Gasteiger partial charge in [0.2, 0.25) is 23.6 Å². The van der Waals surface area contributed by atoms with Crippen molar-refractivity contribution in [3.63, 3.8) is 0 Å². The molecule has 1 saturated heterocycles. The predicted molar refractivity (Wildman–Crippen MR) is 189 cm³/mol. The summed E-state index contributed by atoms with van der Waals surface area (Å²) >= 11 is 0. The van der Waals surface area contributed by atoms with Crippen LogP contribution in [0, 0.1) is 23.7 Å². The Bertz CT molecular complexity index is 1500. The van der Waals surface area contributed by atoms with Gasteiger partial charge in [-0.3, -0.25) is 33.3 Å². The summed E-state index contributed by atoms with van der Waals surface area (Å²) in [7, 11) is -9.20. The Morgan fingerprint density at radius 1 is 1.06 bits per heavy atom. The van der Waals surface area contributed by atoms with Gasteiger partial charge in [-0.1, -0.05) is 29.4 Å². The maximum atomic E-state index is 13.8. The number of imidazole rings is 1. The summed E-state index contributed by atoms with van der Waals surface area (Å²) in [6.45, 7) is 8.27. The third-order valence-corrected chi connectivity index (χ3v) is 13.4. The van der Waals surface area contributed by atoms with Crippen LogP contribution in [0.4, 0.5) is 0 Å². The lowest BCUT2D eigenvalue weighted by molar-refractivity contribution is -0.138. The highest BCUT2D eigenvalue weighted by Crippen LogP contribution is 2.61. The standard InChI is InChI=1S/C31H49N6O12P3/c1-18(2)10-24(35-31(44)26-8-7-9-37(26)20(4)39)27(40)12-21(11-22-14-33-17-34-22)30(43)36-25(15-38)28(41)13-23(29(32)42)19(3)16-52(47,48-50(5)45)49-51(6)46/h14,17-19,21,23-26,38H,7-13,15-16H2,1-6H3,(H3-2,32,33,34,35,36,42,43,44)/p+2/t19-,21+,23-,24-,25-,26-/m0/s1. The summed E-state index contributed by atoms with van der Waals surface area (Å²) in [6.07, 6.45) is 2.61. The first-order valence-corrected chi connectivity index (χ1v) is 21.9. The minimum atomic E-state index is -4.26. The van der Waals surface area contributed by atoms with E-state index in [1.807, 2.05) is 13.8 Å². The topological polar surface area (TPSA) is 274 Å². The van der Waals surface area contributed by atoms with Gasteiger partial charge in [0.15, 0.2) is 24.9 Å². The number of nitrogens with one attached hydrogen (secondary N) is 3. The molecule has 21 heteroatoms. The fourth-order valence-corrected chi connectivity index (χ4v) is 10.8. The number of hydrogen-bond acceptors (Lipinski definition) is 13. The number of aromatic nitrogens is 2. The van der Waals surface area contributed by atoms with Gasteiger partial charge in [-0.15, -0.1) is 0 Å². The highest BCUT2D eigenvalue weighted by atomic mass is 31.3. The van der Waals surface area contributed by atoms with E-state index < -0.39 is 108 Å². The second-order valence-corrected chi connectivity index (χ2v) is 18.1. The molecule has 1 aromatic rings. The molecule has 2 heterocycles. The van der Waals surface area contributed by atoms with E-state index >= 15 is 0 Å². The number of likely N-dealkylation sites (tertiary alicyclic amines) is 1. The molecule has 2 unspecified atom stereocenters. The number of amides is 4. The molecule has 0 radical (unpaired) electrons. The number of primary amides is 1. The van der Waals surface area contributed by atoms with Gasteiger partial charge >= 0.3 is 23.7 Å². The predicted octanol–water partition coefficient (Wildman–Crippen LogP) is 2.21. The molecule has 52 heavy (non-hydrogen) atoms. The number of Topliss-reactive ketones (excluding diaryl/α,β-unsaturated/α-hetero) is 2. The molecular formula is C31H51N6O12P3+2. The normalized spacial score (nSPS) is 19.1. The van der Waals surface area contributed by atoms with E-state index in [9.17, 15) is 47.6 Å². The minimum absolute atomic E-state index is 0.0252. The van der Waals surface area contributed by atoms with Crippen LogP contribution in [-0.2, 0) is 57.5 Å². The van der Waals surface area contributed by atoms with E-state index in [4.69, 9.17) is 14.4 Å². The third kappa shape index (κ3) is 14.3. The number of ketones is 2. The number of H-pyrrole nitrogens is 1. The molecule has 18 nitrogen and oxygen atoms in total. The van der Waals surface area contributed by atoms with Crippen molar-refractivity contribution in [2.24, 2.45) is 29.4 Å². The van der Waals surface area contributed by atoms with Gasteiger partial charge in [0.25, 0.3) is 0 Å². The van der Waals surface area contributed by atoms with Crippen molar-refractivity contribution in [3.8, 4) is 0 Å². The Hall–Kier alpha value is -3.26. The first-order chi connectivity index (χ1) is 24.3. The average molecular weight is 793 g/mol. The molecule has 0 aromatic carbocycles. The Balaban J connectivity index is 2.26. The molecular weight excluding hydrogens is 741 g/mol. The molecule has 0 bridgehead atoms. The van der Waals surface area contributed by atoms with Gasteiger partial charge in [-0.05, 0) is 40.2 Å². The lowest BCUT2D eigenvalue weighted by atomic mass is 9.87. The van der Waals surface area contributed by atoms with Crippen molar-refractivity contribution in [1.29, 1.82) is 0 Å². The van der Waals surface area contributed by atoms with Crippen LogP contribution in [0.2, 0.25) is 0 Å². The summed E-state index contributed by atoms with van der Waals surface area (Å²) in [5.74, 6) is -7.18. The van der Waals surface area contributed by atoms with E-state index in [0.717, 1.165) is 13.3 Å². The zero-order valence-electron chi connectivity index (χ0n) is 30.3. The van der Waals surface area contributed by atoms with Crippen LogP contribution in [0.5, 0.6) is 0 Å². The van der Waals surface area contributed by atoms with Gasteiger partial charge in [0, 0.05) is 50.5 Å². The van der Waals surface area contributed by atoms with Crippen LogP contribution < -0.4 is 16.4 Å². The van der Waals surface area contributed by atoms with Crippen LogP contribution in [-0.4, -0.2) is 106 Å².